The number of fused-ring (bicyclic) bond motifs is 3. The lowest BCUT2D eigenvalue weighted by molar-refractivity contribution is 0.159. The molecule has 4 N–H and O–H groups in total. The Morgan fingerprint density at radius 3 is 2.68 bits per heavy atom. The molecule has 3 aliphatic rings. The molecule has 2 atom stereocenters. The summed E-state index contributed by atoms with van der Waals surface area (Å²) in [5, 5.41) is 16.3. The average molecular weight is 445 g/mol. The number of benzene rings is 1. The fraction of sp³-hybridized carbons (Fsp3) is 0.524. The van der Waals surface area contributed by atoms with Gasteiger partial charge in [-0.3, -0.25) is 0 Å². The molecule has 0 saturated heterocycles. The molecule has 1 aromatic heterocycles. The molecule has 0 fully saturated rings. The molecule has 9 nitrogen and oxygen atoms in total. The Hall–Kier alpha value is -2.43. The molecular weight excluding hydrogens is 416 g/mol. The minimum Gasteiger partial charge on any atom is -0.476 e. The Bertz CT molecular complexity index is 1130. The second-order valence-corrected chi connectivity index (χ2v) is 10.3. The number of hydrogen-bond donors (Lipinski definition) is 3. The molecule has 2 amide bonds. The third kappa shape index (κ3) is 3.72. The third-order valence-corrected chi connectivity index (χ3v) is 7.73. The number of ether oxygens (including phenoxy) is 1. The number of nitrogens with zero attached hydrogens (tertiary/aromatic N) is 3. The van der Waals surface area contributed by atoms with Crippen molar-refractivity contribution in [2.45, 2.75) is 50.0 Å². The van der Waals surface area contributed by atoms with Gasteiger partial charge in [-0.2, -0.15) is 5.10 Å². The first-order valence-corrected chi connectivity index (χ1v) is 12.4. The summed E-state index contributed by atoms with van der Waals surface area (Å²) in [5.41, 5.74) is 5.85. The molecule has 10 heteroatoms. The molecule has 0 spiro atoms. The zero-order valence-corrected chi connectivity index (χ0v) is 18.5. The van der Waals surface area contributed by atoms with E-state index in [1.165, 1.54) is 28.5 Å². The van der Waals surface area contributed by atoms with Gasteiger partial charge in [0.05, 0.1) is 19.3 Å². The number of urea groups is 1. The van der Waals surface area contributed by atoms with E-state index in [2.05, 4.69) is 26.2 Å². The van der Waals surface area contributed by atoms with Crippen LogP contribution in [-0.4, -0.2) is 40.2 Å². The van der Waals surface area contributed by atoms with Crippen molar-refractivity contribution in [3.63, 3.8) is 0 Å². The number of amides is 2. The van der Waals surface area contributed by atoms with Gasteiger partial charge in [-0.15, -0.1) is 4.36 Å². The standard InChI is InChI=1S/C21H28N6O3S/c1-23-9-13-11-27-20(30-12-13)18(10-24-27)31(22,29)26-21(28)25-19-16-6-2-4-14(16)8-15-5-3-7-17(15)19/h8,10,13,23H,2-7,9,11-12H2,1H3,(H3,22,25,26,28,29). The molecule has 1 aliphatic heterocycles. The molecule has 2 aromatic rings. The summed E-state index contributed by atoms with van der Waals surface area (Å²) in [6, 6.07) is 1.60. The summed E-state index contributed by atoms with van der Waals surface area (Å²) in [6.45, 7) is 1.87. The summed E-state index contributed by atoms with van der Waals surface area (Å²) < 4.78 is 24.5. The van der Waals surface area contributed by atoms with Gasteiger partial charge in [0, 0.05) is 18.2 Å². The average Bonchev–Trinajstić information content (AvgIpc) is 3.46. The highest BCUT2D eigenvalue weighted by Gasteiger charge is 2.29. The van der Waals surface area contributed by atoms with E-state index in [1.54, 1.807) is 4.68 Å². The second-order valence-electron chi connectivity index (χ2n) is 8.55. The fourth-order valence-corrected chi connectivity index (χ4v) is 6.01. The number of aromatic nitrogens is 2. The van der Waals surface area contributed by atoms with Crippen LogP contribution in [-0.2, 0) is 42.1 Å². The molecular formula is C21H28N6O3S. The van der Waals surface area contributed by atoms with Gasteiger partial charge in [0.15, 0.2) is 9.92 Å². The van der Waals surface area contributed by atoms with Crippen LogP contribution in [0.25, 0.3) is 0 Å². The quantitative estimate of drug-likeness (QED) is 0.666. The number of hydrogen-bond acceptors (Lipinski definition) is 5. The van der Waals surface area contributed by atoms with Crippen LogP contribution >= 0.6 is 0 Å². The number of carbonyl (C=O) groups excluding carboxylic acids is 1. The van der Waals surface area contributed by atoms with Crippen LogP contribution in [0.15, 0.2) is 21.5 Å². The highest BCUT2D eigenvalue weighted by Crippen LogP contribution is 2.38. The van der Waals surface area contributed by atoms with Crippen molar-refractivity contribution in [2.75, 3.05) is 25.5 Å². The van der Waals surface area contributed by atoms with Crippen molar-refractivity contribution in [3.8, 4) is 5.88 Å². The third-order valence-electron chi connectivity index (χ3n) is 6.38. The highest BCUT2D eigenvalue weighted by molar-refractivity contribution is 7.91. The highest BCUT2D eigenvalue weighted by atomic mass is 32.2. The first-order chi connectivity index (χ1) is 15.0. The van der Waals surface area contributed by atoms with Crippen molar-refractivity contribution in [2.24, 2.45) is 15.4 Å². The fourth-order valence-electron chi connectivity index (χ4n) is 5.01. The molecule has 5 rings (SSSR count). The maximum atomic E-state index is 13.2. The number of aryl methyl sites for hydroxylation is 2. The maximum Gasteiger partial charge on any atom is 0.354 e. The molecule has 2 unspecified atom stereocenters. The van der Waals surface area contributed by atoms with Gasteiger partial charge in [0.25, 0.3) is 0 Å². The number of anilines is 1. The summed E-state index contributed by atoms with van der Waals surface area (Å²) >= 11 is 0. The van der Waals surface area contributed by atoms with E-state index in [1.807, 2.05) is 7.05 Å². The maximum absolute atomic E-state index is 13.2. The minimum atomic E-state index is -3.50. The normalized spacial score (nSPS) is 20.9. The van der Waals surface area contributed by atoms with Gasteiger partial charge in [-0.05, 0) is 67.8 Å². The van der Waals surface area contributed by atoms with Gasteiger partial charge in [-0.1, -0.05) is 6.07 Å². The summed E-state index contributed by atoms with van der Waals surface area (Å²) in [7, 11) is -1.62. The van der Waals surface area contributed by atoms with E-state index in [-0.39, 0.29) is 10.8 Å². The van der Waals surface area contributed by atoms with Crippen molar-refractivity contribution < 1.29 is 13.7 Å². The molecule has 0 radical (unpaired) electrons. The van der Waals surface area contributed by atoms with Crippen molar-refractivity contribution in [1.29, 1.82) is 0 Å². The topological polar surface area (TPSA) is 124 Å². The first-order valence-electron chi connectivity index (χ1n) is 10.8. The van der Waals surface area contributed by atoms with Crippen molar-refractivity contribution >= 4 is 21.6 Å². The van der Waals surface area contributed by atoms with Crippen molar-refractivity contribution in [3.05, 3.63) is 34.5 Å². The lowest BCUT2D eigenvalue weighted by atomic mass is 9.99. The molecule has 0 saturated carbocycles. The summed E-state index contributed by atoms with van der Waals surface area (Å²) in [6.07, 6.45) is 7.51. The van der Waals surface area contributed by atoms with E-state index < -0.39 is 15.9 Å². The monoisotopic (exact) mass is 444 g/mol. The Morgan fingerprint density at radius 1 is 1.29 bits per heavy atom. The lowest BCUT2D eigenvalue weighted by Crippen LogP contribution is -2.33. The molecule has 166 valence electrons. The molecule has 1 aromatic carbocycles. The number of nitrogens with one attached hydrogen (secondary N) is 2. The summed E-state index contributed by atoms with van der Waals surface area (Å²) in [4.78, 5) is 13.0. The van der Waals surface area contributed by atoms with E-state index in [9.17, 15) is 9.00 Å². The first kappa shape index (κ1) is 20.5. The zero-order valence-electron chi connectivity index (χ0n) is 17.6. The van der Waals surface area contributed by atoms with Gasteiger partial charge in [0.2, 0.25) is 5.88 Å². The molecule has 2 heterocycles. The number of nitrogens with two attached hydrogens (primary N) is 1. The minimum absolute atomic E-state index is 0.161. The zero-order chi connectivity index (χ0) is 21.6. The Kier molecular flexibility index (Phi) is 5.23. The van der Waals surface area contributed by atoms with Crippen molar-refractivity contribution in [1.82, 2.24) is 15.1 Å². The van der Waals surface area contributed by atoms with Crippen LogP contribution in [0.2, 0.25) is 0 Å². The number of carbonyl (C=O) groups is 1. The Balaban J connectivity index is 1.42. The van der Waals surface area contributed by atoms with E-state index in [4.69, 9.17) is 9.88 Å². The molecule has 0 bridgehead atoms. The molecule has 2 aliphatic carbocycles. The van der Waals surface area contributed by atoms with Crippen LogP contribution in [0, 0.1) is 5.92 Å². The van der Waals surface area contributed by atoms with Crippen LogP contribution in [0.1, 0.15) is 35.1 Å². The van der Waals surface area contributed by atoms with Crippen LogP contribution in [0.4, 0.5) is 10.5 Å². The largest absolute Gasteiger partial charge is 0.476 e. The Morgan fingerprint density at radius 2 is 2.00 bits per heavy atom. The van der Waals surface area contributed by atoms with Gasteiger partial charge in [-0.25, -0.2) is 18.8 Å². The van der Waals surface area contributed by atoms with Gasteiger partial charge < -0.3 is 15.4 Å². The van der Waals surface area contributed by atoms with Gasteiger partial charge in [0.1, 0.15) is 4.90 Å². The summed E-state index contributed by atoms with van der Waals surface area (Å²) in [5.74, 6) is 0.583. The van der Waals surface area contributed by atoms with Crippen LogP contribution < -0.4 is 20.5 Å². The van der Waals surface area contributed by atoms with E-state index >= 15 is 0 Å². The van der Waals surface area contributed by atoms with Crippen LogP contribution in [0.3, 0.4) is 0 Å². The SMILES string of the molecule is CNCC1COc2c(S(N)(=O)=NC(=O)Nc3c4c(cc5c3CCC5)CCC4)cnn2C1. The van der Waals surface area contributed by atoms with E-state index in [0.717, 1.165) is 50.8 Å². The lowest BCUT2D eigenvalue weighted by Gasteiger charge is -2.24. The predicted octanol–water partition coefficient (Wildman–Crippen LogP) is 2.02. The van der Waals surface area contributed by atoms with Gasteiger partial charge >= 0.3 is 6.03 Å². The predicted molar refractivity (Wildman–Crippen MR) is 118 cm³/mol. The van der Waals surface area contributed by atoms with E-state index in [0.29, 0.717) is 19.0 Å². The Labute approximate surface area is 182 Å². The molecule has 31 heavy (non-hydrogen) atoms. The second kappa shape index (κ2) is 7.92. The number of rotatable bonds is 4. The smallest absolute Gasteiger partial charge is 0.354 e. The van der Waals surface area contributed by atoms with Crippen LogP contribution in [0.5, 0.6) is 5.88 Å².